The van der Waals surface area contributed by atoms with Gasteiger partial charge in [0.1, 0.15) is 17.2 Å². The number of anilines is 2. The van der Waals surface area contributed by atoms with Crippen LogP contribution in [0.1, 0.15) is 20.8 Å². The second-order valence-electron chi connectivity index (χ2n) is 7.80. The monoisotopic (exact) mass is 386 g/mol. The highest BCUT2D eigenvalue weighted by molar-refractivity contribution is 5.69. The maximum absolute atomic E-state index is 14.0. The predicted molar refractivity (Wildman–Crippen MR) is 109 cm³/mol. The van der Waals surface area contributed by atoms with Gasteiger partial charge in [0.05, 0.1) is 5.69 Å². The number of halogens is 1. The summed E-state index contributed by atoms with van der Waals surface area (Å²) in [7, 11) is 1.69. The van der Waals surface area contributed by atoms with Gasteiger partial charge in [0.2, 0.25) is 0 Å². The number of aromatic nitrogens is 1. The Labute approximate surface area is 165 Å². The van der Waals surface area contributed by atoms with Crippen LogP contribution in [0.4, 0.5) is 20.7 Å². The van der Waals surface area contributed by atoms with Crippen LogP contribution in [0.3, 0.4) is 0 Å². The van der Waals surface area contributed by atoms with Crippen LogP contribution in [0.15, 0.2) is 36.5 Å². The highest BCUT2D eigenvalue weighted by Gasteiger charge is 2.26. The summed E-state index contributed by atoms with van der Waals surface area (Å²) in [5.41, 5.74) is 1.62. The number of amides is 1. The second-order valence-corrected chi connectivity index (χ2v) is 7.80. The minimum absolute atomic E-state index is 0.275. The summed E-state index contributed by atoms with van der Waals surface area (Å²) in [6.07, 6.45) is 1.48. The van der Waals surface area contributed by atoms with E-state index in [9.17, 15) is 9.18 Å². The standard InChI is InChI=1S/C21H27FN4O2/c1-21(2,3)28-20(27)26-11-9-25(10-12-26)19-8-6-16(14-24-19)15-5-7-18(23-4)17(22)13-15/h5-8,13-14,23H,9-12H2,1-4H3. The molecule has 0 radical (unpaired) electrons. The van der Waals surface area contributed by atoms with E-state index in [-0.39, 0.29) is 11.9 Å². The maximum atomic E-state index is 14.0. The fourth-order valence-corrected chi connectivity index (χ4v) is 3.09. The average molecular weight is 386 g/mol. The Kier molecular flexibility index (Phi) is 5.72. The van der Waals surface area contributed by atoms with Gasteiger partial charge in [0.25, 0.3) is 0 Å². The lowest BCUT2D eigenvalue weighted by atomic mass is 10.1. The van der Waals surface area contributed by atoms with E-state index in [1.165, 1.54) is 6.07 Å². The molecule has 1 fully saturated rings. The van der Waals surface area contributed by atoms with E-state index in [1.807, 2.05) is 39.0 Å². The van der Waals surface area contributed by atoms with Crippen molar-refractivity contribution < 1.29 is 13.9 Å². The predicted octanol–water partition coefficient (Wildman–Crippen LogP) is 3.99. The van der Waals surface area contributed by atoms with Crippen LogP contribution in [0.25, 0.3) is 11.1 Å². The minimum Gasteiger partial charge on any atom is -0.444 e. The normalized spacial score (nSPS) is 14.8. The van der Waals surface area contributed by atoms with Crippen LogP contribution in [0.5, 0.6) is 0 Å². The third-order valence-electron chi connectivity index (χ3n) is 4.57. The number of pyridine rings is 1. The molecule has 2 heterocycles. The number of ether oxygens (including phenoxy) is 1. The van der Waals surface area contributed by atoms with Gasteiger partial charge >= 0.3 is 6.09 Å². The van der Waals surface area contributed by atoms with Crippen molar-refractivity contribution in [3.63, 3.8) is 0 Å². The molecule has 150 valence electrons. The Morgan fingerprint density at radius 3 is 2.32 bits per heavy atom. The first-order chi connectivity index (χ1) is 13.3. The summed E-state index contributed by atoms with van der Waals surface area (Å²) in [4.78, 5) is 20.6. The van der Waals surface area contributed by atoms with Gasteiger partial charge in [0, 0.05) is 45.0 Å². The lowest BCUT2D eigenvalue weighted by Gasteiger charge is -2.36. The van der Waals surface area contributed by atoms with Crippen LogP contribution in [-0.4, -0.2) is 54.8 Å². The first-order valence-corrected chi connectivity index (χ1v) is 9.43. The van der Waals surface area contributed by atoms with Gasteiger partial charge in [-0.05, 0) is 50.6 Å². The smallest absolute Gasteiger partial charge is 0.410 e. The molecule has 1 aromatic heterocycles. The van der Waals surface area contributed by atoms with E-state index < -0.39 is 5.60 Å². The number of benzene rings is 1. The third kappa shape index (κ3) is 4.71. The zero-order valence-electron chi connectivity index (χ0n) is 16.8. The Hall–Kier alpha value is -2.83. The summed E-state index contributed by atoms with van der Waals surface area (Å²) >= 11 is 0. The number of nitrogens with one attached hydrogen (secondary N) is 1. The van der Waals surface area contributed by atoms with E-state index >= 15 is 0 Å². The van der Waals surface area contributed by atoms with E-state index in [0.717, 1.165) is 16.9 Å². The lowest BCUT2D eigenvalue weighted by Crippen LogP contribution is -2.50. The van der Waals surface area contributed by atoms with E-state index in [4.69, 9.17) is 4.74 Å². The molecule has 3 rings (SSSR count). The number of rotatable bonds is 3. The van der Waals surface area contributed by atoms with Gasteiger partial charge in [-0.15, -0.1) is 0 Å². The Morgan fingerprint density at radius 1 is 1.11 bits per heavy atom. The van der Waals surface area contributed by atoms with Crippen LogP contribution >= 0.6 is 0 Å². The molecule has 1 N–H and O–H groups in total. The van der Waals surface area contributed by atoms with Gasteiger partial charge in [0.15, 0.2) is 0 Å². The topological polar surface area (TPSA) is 57.7 Å². The molecule has 28 heavy (non-hydrogen) atoms. The first kappa shape index (κ1) is 19.9. The SMILES string of the molecule is CNc1ccc(-c2ccc(N3CCN(C(=O)OC(C)(C)C)CC3)nc2)cc1F. The number of carbonyl (C=O) groups excluding carboxylic acids is 1. The third-order valence-corrected chi connectivity index (χ3v) is 4.57. The quantitative estimate of drug-likeness (QED) is 0.865. The molecule has 2 aromatic rings. The van der Waals surface area contributed by atoms with Crippen LogP contribution in [0.2, 0.25) is 0 Å². The molecule has 0 bridgehead atoms. The van der Waals surface area contributed by atoms with Crippen molar-refractivity contribution in [2.75, 3.05) is 43.4 Å². The van der Waals surface area contributed by atoms with Crippen molar-refractivity contribution in [1.82, 2.24) is 9.88 Å². The molecule has 0 saturated carbocycles. The zero-order chi connectivity index (χ0) is 20.3. The van der Waals surface area contributed by atoms with Crippen molar-refractivity contribution in [3.8, 4) is 11.1 Å². The van der Waals surface area contributed by atoms with Gasteiger partial charge in [-0.1, -0.05) is 6.07 Å². The zero-order valence-corrected chi connectivity index (χ0v) is 16.8. The van der Waals surface area contributed by atoms with Crippen molar-refractivity contribution in [2.45, 2.75) is 26.4 Å². The van der Waals surface area contributed by atoms with Crippen molar-refractivity contribution in [2.24, 2.45) is 0 Å². The number of hydrogen-bond acceptors (Lipinski definition) is 5. The molecule has 6 nitrogen and oxygen atoms in total. The van der Waals surface area contributed by atoms with Gasteiger partial charge < -0.3 is 19.9 Å². The first-order valence-electron chi connectivity index (χ1n) is 9.43. The summed E-state index contributed by atoms with van der Waals surface area (Å²) in [6, 6.07) is 8.96. The molecule has 0 atom stereocenters. The molecular weight excluding hydrogens is 359 g/mol. The second kappa shape index (κ2) is 8.04. The summed E-state index contributed by atoms with van der Waals surface area (Å²) in [5.74, 6) is 0.558. The molecule has 1 aliphatic rings. The molecule has 1 saturated heterocycles. The van der Waals surface area contributed by atoms with Crippen molar-refractivity contribution in [1.29, 1.82) is 0 Å². The van der Waals surface area contributed by atoms with Crippen LogP contribution < -0.4 is 10.2 Å². The number of nitrogens with zero attached hydrogens (tertiary/aromatic N) is 3. The lowest BCUT2D eigenvalue weighted by molar-refractivity contribution is 0.0240. The van der Waals surface area contributed by atoms with E-state index in [0.29, 0.717) is 31.9 Å². The van der Waals surface area contributed by atoms with Crippen molar-refractivity contribution >= 4 is 17.6 Å². The molecular formula is C21H27FN4O2. The number of piperazine rings is 1. The molecule has 1 amide bonds. The van der Waals surface area contributed by atoms with Gasteiger partial charge in [-0.25, -0.2) is 14.2 Å². The highest BCUT2D eigenvalue weighted by atomic mass is 19.1. The summed E-state index contributed by atoms with van der Waals surface area (Å²) in [6.45, 7) is 8.17. The molecule has 7 heteroatoms. The van der Waals surface area contributed by atoms with E-state index in [2.05, 4.69) is 15.2 Å². The Bertz CT molecular complexity index is 825. The maximum Gasteiger partial charge on any atom is 0.410 e. The molecule has 1 aromatic carbocycles. The minimum atomic E-state index is -0.490. The summed E-state index contributed by atoms with van der Waals surface area (Å²) < 4.78 is 19.4. The number of carbonyl (C=O) groups is 1. The average Bonchev–Trinajstić information content (AvgIpc) is 2.67. The van der Waals surface area contributed by atoms with E-state index in [1.54, 1.807) is 24.2 Å². The van der Waals surface area contributed by atoms with Crippen molar-refractivity contribution in [3.05, 3.63) is 42.3 Å². The van der Waals surface area contributed by atoms with Gasteiger partial charge in [-0.3, -0.25) is 0 Å². The fraction of sp³-hybridized carbons (Fsp3) is 0.429. The summed E-state index contributed by atoms with van der Waals surface area (Å²) in [5, 5.41) is 2.82. The number of hydrogen-bond donors (Lipinski definition) is 1. The Morgan fingerprint density at radius 2 is 1.79 bits per heavy atom. The Balaban J connectivity index is 1.62. The van der Waals surface area contributed by atoms with Gasteiger partial charge in [-0.2, -0.15) is 0 Å². The van der Waals surface area contributed by atoms with Crippen LogP contribution in [0, 0.1) is 5.82 Å². The highest BCUT2D eigenvalue weighted by Crippen LogP contribution is 2.25. The molecule has 0 spiro atoms. The van der Waals surface area contributed by atoms with Crippen LogP contribution in [-0.2, 0) is 4.74 Å². The molecule has 0 aliphatic carbocycles. The largest absolute Gasteiger partial charge is 0.444 e. The molecule has 0 unspecified atom stereocenters. The fourth-order valence-electron chi connectivity index (χ4n) is 3.09. The molecule has 1 aliphatic heterocycles.